The molecule has 0 aliphatic carbocycles. The minimum Gasteiger partial charge on any atom is -0.461 e. The zero-order valence-electron chi connectivity index (χ0n) is 12.4. The summed E-state index contributed by atoms with van der Waals surface area (Å²) in [4.78, 5) is 15.9. The van der Waals surface area contributed by atoms with Gasteiger partial charge in [-0.25, -0.2) is 14.2 Å². The third-order valence-electron chi connectivity index (χ3n) is 3.19. The Hall–Kier alpha value is -2.96. The van der Waals surface area contributed by atoms with Crippen LogP contribution in [0.25, 0.3) is 11.6 Å². The van der Waals surface area contributed by atoms with Crippen molar-refractivity contribution in [3.05, 3.63) is 59.9 Å². The number of nitrogens with zero attached hydrogens (tertiary/aromatic N) is 3. The van der Waals surface area contributed by atoms with Crippen molar-refractivity contribution in [2.45, 2.75) is 13.5 Å². The van der Waals surface area contributed by atoms with E-state index in [1.807, 2.05) is 0 Å². The highest BCUT2D eigenvalue weighted by Crippen LogP contribution is 2.21. The van der Waals surface area contributed by atoms with Gasteiger partial charge >= 0.3 is 5.97 Å². The van der Waals surface area contributed by atoms with E-state index in [-0.39, 0.29) is 24.7 Å². The van der Waals surface area contributed by atoms with E-state index in [0.717, 1.165) is 0 Å². The zero-order valence-corrected chi connectivity index (χ0v) is 12.4. The highest BCUT2D eigenvalue weighted by Gasteiger charge is 2.19. The maximum Gasteiger partial charge on any atom is 0.358 e. The molecule has 0 unspecified atom stereocenters. The SMILES string of the molecule is CCOC(=O)c1cc(-c2ncco2)n(Cc2ccccc2F)n1. The molecule has 3 rings (SSSR count). The van der Waals surface area contributed by atoms with Gasteiger partial charge < -0.3 is 9.15 Å². The van der Waals surface area contributed by atoms with Gasteiger partial charge in [0.25, 0.3) is 0 Å². The lowest BCUT2D eigenvalue weighted by Crippen LogP contribution is -2.09. The Morgan fingerprint density at radius 3 is 2.91 bits per heavy atom. The fourth-order valence-corrected chi connectivity index (χ4v) is 2.15. The van der Waals surface area contributed by atoms with Crippen LogP contribution in [-0.4, -0.2) is 27.3 Å². The molecule has 6 nitrogen and oxygen atoms in total. The quantitative estimate of drug-likeness (QED) is 0.677. The summed E-state index contributed by atoms with van der Waals surface area (Å²) in [5, 5.41) is 4.20. The molecule has 1 aromatic carbocycles. The second-order valence-corrected chi connectivity index (χ2v) is 4.72. The maximum absolute atomic E-state index is 13.9. The van der Waals surface area contributed by atoms with Crippen LogP contribution in [0, 0.1) is 5.82 Å². The number of aromatic nitrogens is 3. The molecule has 0 atom stereocenters. The summed E-state index contributed by atoms with van der Waals surface area (Å²) in [6.07, 6.45) is 2.90. The summed E-state index contributed by atoms with van der Waals surface area (Å²) in [7, 11) is 0. The molecule has 0 aliphatic rings. The van der Waals surface area contributed by atoms with Crippen LogP contribution in [-0.2, 0) is 11.3 Å². The fraction of sp³-hybridized carbons (Fsp3) is 0.188. The van der Waals surface area contributed by atoms with E-state index < -0.39 is 5.97 Å². The molecule has 0 N–H and O–H groups in total. The molecule has 0 amide bonds. The Labute approximate surface area is 131 Å². The molecule has 0 bridgehead atoms. The van der Waals surface area contributed by atoms with E-state index in [9.17, 15) is 9.18 Å². The van der Waals surface area contributed by atoms with Gasteiger partial charge in [0, 0.05) is 11.6 Å². The summed E-state index contributed by atoms with van der Waals surface area (Å²) in [5.41, 5.74) is 1.04. The van der Waals surface area contributed by atoms with Gasteiger partial charge in [-0.3, -0.25) is 4.68 Å². The predicted molar refractivity (Wildman–Crippen MR) is 79.2 cm³/mol. The molecule has 23 heavy (non-hydrogen) atoms. The van der Waals surface area contributed by atoms with E-state index in [1.165, 1.54) is 29.3 Å². The Morgan fingerprint density at radius 2 is 2.22 bits per heavy atom. The molecule has 7 heteroatoms. The second kappa shape index (κ2) is 6.43. The number of carbonyl (C=O) groups excluding carboxylic acids is 1. The average molecular weight is 315 g/mol. The monoisotopic (exact) mass is 315 g/mol. The number of benzene rings is 1. The molecule has 0 saturated carbocycles. The van der Waals surface area contributed by atoms with Crippen LogP contribution in [0.5, 0.6) is 0 Å². The smallest absolute Gasteiger partial charge is 0.358 e. The summed E-state index contributed by atoms with van der Waals surface area (Å²) in [6.45, 7) is 2.10. The first-order valence-electron chi connectivity index (χ1n) is 7.07. The van der Waals surface area contributed by atoms with Gasteiger partial charge in [-0.05, 0) is 13.0 Å². The fourth-order valence-electron chi connectivity index (χ4n) is 2.15. The third-order valence-corrected chi connectivity index (χ3v) is 3.19. The van der Waals surface area contributed by atoms with Gasteiger partial charge in [-0.1, -0.05) is 18.2 Å². The standard InChI is InChI=1S/C16H14FN3O3/c1-2-22-16(21)13-9-14(15-18-7-8-23-15)20(19-13)10-11-5-3-4-6-12(11)17/h3-9H,2,10H2,1H3. The van der Waals surface area contributed by atoms with E-state index in [1.54, 1.807) is 25.1 Å². The lowest BCUT2D eigenvalue weighted by Gasteiger charge is -2.06. The van der Waals surface area contributed by atoms with Gasteiger partial charge in [0.2, 0.25) is 5.89 Å². The molecular weight excluding hydrogens is 301 g/mol. The lowest BCUT2D eigenvalue weighted by molar-refractivity contribution is 0.0518. The molecule has 3 aromatic rings. The van der Waals surface area contributed by atoms with Crippen molar-refractivity contribution in [3.63, 3.8) is 0 Å². The van der Waals surface area contributed by atoms with Gasteiger partial charge in [-0.2, -0.15) is 5.10 Å². The molecule has 0 fully saturated rings. The first-order valence-corrected chi connectivity index (χ1v) is 7.07. The largest absolute Gasteiger partial charge is 0.461 e. The van der Waals surface area contributed by atoms with Crippen molar-refractivity contribution < 1.29 is 18.3 Å². The Kier molecular flexibility index (Phi) is 4.18. The van der Waals surface area contributed by atoms with E-state index in [0.29, 0.717) is 17.1 Å². The van der Waals surface area contributed by atoms with E-state index in [4.69, 9.17) is 9.15 Å². The molecule has 0 spiro atoms. The summed E-state index contributed by atoms with van der Waals surface area (Å²) >= 11 is 0. The number of esters is 1. The molecule has 118 valence electrons. The third kappa shape index (κ3) is 3.13. The number of hydrogen-bond acceptors (Lipinski definition) is 5. The van der Waals surface area contributed by atoms with Crippen LogP contribution in [0.1, 0.15) is 23.0 Å². The summed E-state index contributed by atoms with van der Waals surface area (Å²) in [6, 6.07) is 7.89. The van der Waals surface area contributed by atoms with E-state index >= 15 is 0 Å². The normalized spacial score (nSPS) is 10.7. The number of halogens is 1. The van der Waals surface area contributed by atoms with Crippen LogP contribution in [0.15, 0.2) is 47.2 Å². The number of hydrogen-bond donors (Lipinski definition) is 0. The van der Waals surface area contributed by atoms with Crippen LogP contribution in [0.3, 0.4) is 0 Å². The number of rotatable bonds is 5. The maximum atomic E-state index is 13.9. The van der Waals surface area contributed by atoms with Gasteiger partial charge in [0.15, 0.2) is 5.69 Å². The van der Waals surface area contributed by atoms with Crippen molar-refractivity contribution in [2.75, 3.05) is 6.61 Å². The first kappa shape index (κ1) is 15.0. The molecule has 2 aromatic heterocycles. The van der Waals surface area contributed by atoms with Crippen LogP contribution in [0.4, 0.5) is 4.39 Å². The average Bonchev–Trinajstić information content (AvgIpc) is 3.19. The van der Waals surface area contributed by atoms with Crippen LogP contribution in [0.2, 0.25) is 0 Å². The van der Waals surface area contributed by atoms with Crippen LogP contribution < -0.4 is 0 Å². The minimum atomic E-state index is -0.549. The molecule has 0 saturated heterocycles. The van der Waals surface area contributed by atoms with E-state index in [2.05, 4.69) is 10.1 Å². The Balaban J connectivity index is 2.00. The summed E-state index contributed by atoms with van der Waals surface area (Å²) in [5.74, 6) is -0.601. The van der Waals surface area contributed by atoms with Crippen molar-refractivity contribution in [3.8, 4) is 11.6 Å². The molecule has 2 heterocycles. The van der Waals surface area contributed by atoms with Crippen molar-refractivity contribution in [2.24, 2.45) is 0 Å². The minimum absolute atomic E-state index is 0.122. The highest BCUT2D eigenvalue weighted by molar-refractivity contribution is 5.88. The Morgan fingerprint density at radius 1 is 1.39 bits per heavy atom. The summed E-state index contributed by atoms with van der Waals surface area (Å²) < 4.78 is 25.5. The van der Waals surface area contributed by atoms with Gasteiger partial charge in [-0.15, -0.1) is 0 Å². The van der Waals surface area contributed by atoms with Gasteiger partial charge in [0.05, 0.1) is 19.3 Å². The topological polar surface area (TPSA) is 70.2 Å². The molecule has 0 aliphatic heterocycles. The van der Waals surface area contributed by atoms with Gasteiger partial charge in [0.1, 0.15) is 17.8 Å². The Bertz CT molecular complexity index is 812. The van der Waals surface area contributed by atoms with Crippen molar-refractivity contribution in [1.29, 1.82) is 0 Å². The lowest BCUT2D eigenvalue weighted by atomic mass is 10.2. The number of ether oxygens (including phenoxy) is 1. The first-order chi connectivity index (χ1) is 11.2. The second-order valence-electron chi connectivity index (χ2n) is 4.72. The van der Waals surface area contributed by atoms with Crippen LogP contribution >= 0.6 is 0 Å². The predicted octanol–water partition coefficient (Wildman–Crippen LogP) is 2.90. The molecular formula is C16H14FN3O3. The van der Waals surface area contributed by atoms with Crippen molar-refractivity contribution >= 4 is 5.97 Å². The molecule has 0 radical (unpaired) electrons. The number of oxazole rings is 1. The van der Waals surface area contributed by atoms with Crippen molar-refractivity contribution in [1.82, 2.24) is 14.8 Å². The number of carbonyl (C=O) groups is 1. The highest BCUT2D eigenvalue weighted by atomic mass is 19.1. The zero-order chi connectivity index (χ0) is 16.2.